The molecule has 0 aromatic carbocycles. The maximum absolute atomic E-state index is 10.7. The summed E-state index contributed by atoms with van der Waals surface area (Å²) < 4.78 is 1.64. The smallest absolute Gasteiger partial charge is 0.331 e. The third-order valence-corrected chi connectivity index (χ3v) is 1.84. The molecule has 70 valence electrons. The summed E-state index contributed by atoms with van der Waals surface area (Å²) in [6.45, 7) is 1.82. The molecule has 0 spiro atoms. The van der Waals surface area contributed by atoms with E-state index in [9.17, 15) is 4.79 Å². The highest BCUT2D eigenvalue weighted by Gasteiger charge is 2.05. The van der Waals surface area contributed by atoms with E-state index in [0.717, 1.165) is 5.69 Å². The molecule has 4 heteroatoms. The summed E-state index contributed by atoms with van der Waals surface area (Å²) in [5, 5.41) is 12.7. The molecule has 0 atom stereocenters. The minimum absolute atomic E-state index is 0.392. The van der Waals surface area contributed by atoms with Crippen molar-refractivity contribution in [3.05, 3.63) is 23.5 Å². The number of rotatable bonds is 3. The molecule has 0 saturated carbocycles. The molecule has 0 bridgehead atoms. The van der Waals surface area contributed by atoms with Crippen LogP contribution in [0.25, 0.3) is 6.08 Å². The van der Waals surface area contributed by atoms with Gasteiger partial charge in [0.2, 0.25) is 0 Å². The van der Waals surface area contributed by atoms with Gasteiger partial charge in [-0.1, -0.05) is 6.92 Å². The predicted molar refractivity (Wildman–Crippen MR) is 49.1 cm³/mol. The Bertz CT molecular complexity index is 339. The van der Waals surface area contributed by atoms with Gasteiger partial charge in [0.25, 0.3) is 0 Å². The Labute approximate surface area is 76.5 Å². The van der Waals surface area contributed by atoms with E-state index in [-0.39, 0.29) is 0 Å². The van der Waals surface area contributed by atoms with Gasteiger partial charge in [0.15, 0.2) is 0 Å². The Kier molecular flexibility index (Phi) is 2.84. The predicted octanol–water partition coefficient (Wildman–Crippen LogP) is 1.30. The van der Waals surface area contributed by atoms with Crippen LogP contribution in [-0.2, 0) is 11.8 Å². The lowest BCUT2D eigenvalue weighted by atomic mass is 10.2. The Hall–Kier alpha value is -1.58. The highest BCUT2D eigenvalue weighted by Crippen LogP contribution is 2.08. The lowest BCUT2D eigenvalue weighted by Gasteiger charge is -1.98. The molecule has 0 aliphatic rings. The second-order valence-electron chi connectivity index (χ2n) is 2.71. The summed E-state index contributed by atoms with van der Waals surface area (Å²) in [5.74, 6) is -0.872. The average Bonchev–Trinajstić information content (AvgIpc) is 2.46. The first kappa shape index (κ1) is 9.51. The van der Waals surface area contributed by atoms with Gasteiger partial charge in [-0.3, -0.25) is 4.68 Å². The maximum atomic E-state index is 10.7. The molecule has 13 heavy (non-hydrogen) atoms. The van der Waals surface area contributed by atoms with Crippen LogP contribution in [0.5, 0.6) is 0 Å². The van der Waals surface area contributed by atoms with E-state index in [1.165, 1.54) is 0 Å². The van der Waals surface area contributed by atoms with Crippen LogP contribution in [0.3, 0.4) is 0 Å². The van der Waals surface area contributed by atoms with Crippen molar-refractivity contribution in [1.82, 2.24) is 9.78 Å². The van der Waals surface area contributed by atoms with Crippen molar-refractivity contribution in [3.8, 4) is 0 Å². The average molecular weight is 180 g/mol. The molecule has 0 fully saturated rings. The second-order valence-corrected chi connectivity index (χ2v) is 2.71. The fourth-order valence-corrected chi connectivity index (χ4v) is 1.02. The van der Waals surface area contributed by atoms with Gasteiger partial charge >= 0.3 is 5.97 Å². The summed E-state index contributed by atoms with van der Waals surface area (Å²) in [6, 6.07) is 1.78. The monoisotopic (exact) mass is 180 g/mol. The summed E-state index contributed by atoms with van der Waals surface area (Å²) in [6.07, 6.45) is 3.79. The van der Waals surface area contributed by atoms with Crippen LogP contribution in [0.15, 0.2) is 17.8 Å². The van der Waals surface area contributed by atoms with E-state index < -0.39 is 5.97 Å². The molecule has 0 amide bonds. The Morgan fingerprint density at radius 3 is 2.85 bits per heavy atom. The molecule has 1 N–H and O–H groups in total. The van der Waals surface area contributed by atoms with E-state index in [2.05, 4.69) is 5.10 Å². The zero-order chi connectivity index (χ0) is 9.84. The van der Waals surface area contributed by atoms with Gasteiger partial charge in [0.05, 0.1) is 5.69 Å². The largest absolute Gasteiger partial charge is 0.478 e. The van der Waals surface area contributed by atoms with Gasteiger partial charge in [-0.2, -0.15) is 5.10 Å². The van der Waals surface area contributed by atoms with E-state index >= 15 is 0 Å². The fourth-order valence-electron chi connectivity index (χ4n) is 1.02. The molecule has 0 aliphatic heterocycles. The number of hydrogen-bond donors (Lipinski definition) is 1. The number of hydrogen-bond acceptors (Lipinski definition) is 2. The van der Waals surface area contributed by atoms with Crippen LogP contribution in [0, 0.1) is 0 Å². The first-order valence-electron chi connectivity index (χ1n) is 4.07. The molecular formula is C9H12N2O2. The van der Waals surface area contributed by atoms with Gasteiger partial charge in [-0.05, 0) is 18.6 Å². The Balaban J connectivity index is 2.98. The van der Waals surface area contributed by atoms with Crippen molar-refractivity contribution in [2.24, 2.45) is 7.05 Å². The standard InChI is InChI=1S/C9H12N2O2/c1-3-7(9(12)13)6-8-4-5-10-11(8)2/h4-6H,3H2,1-2H3,(H,12,13)/b7-6+. The molecular weight excluding hydrogens is 168 g/mol. The number of nitrogens with zero attached hydrogens (tertiary/aromatic N) is 2. The molecule has 0 unspecified atom stereocenters. The van der Waals surface area contributed by atoms with Crippen LogP contribution in [0.1, 0.15) is 19.0 Å². The highest BCUT2D eigenvalue weighted by molar-refractivity contribution is 5.91. The third kappa shape index (κ3) is 2.18. The summed E-state index contributed by atoms with van der Waals surface area (Å²) >= 11 is 0. The zero-order valence-corrected chi connectivity index (χ0v) is 7.69. The van der Waals surface area contributed by atoms with Crippen LogP contribution in [-0.4, -0.2) is 20.9 Å². The highest BCUT2D eigenvalue weighted by atomic mass is 16.4. The topological polar surface area (TPSA) is 55.1 Å². The zero-order valence-electron chi connectivity index (χ0n) is 7.69. The van der Waals surface area contributed by atoms with Crippen molar-refractivity contribution in [1.29, 1.82) is 0 Å². The molecule has 1 aromatic heterocycles. The molecule has 0 aliphatic carbocycles. The Morgan fingerprint density at radius 1 is 1.77 bits per heavy atom. The van der Waals surface area contributed by atoms with Crippen LogP contribution < -0.4 is 0 Å². The fraction of sp³-hybridized carbons (Fsp3) is 0.333. The van der Waals surface area contributed by atoms with E-state index in [0.29, 0.717) is 12.0 Å². The van der Waals surface area contributed by atoms with Crippen LogP contribution >= 0.6 is 0 Å². The Morgan fingerprint density at radius 2 is 2.46 bits per heavy atom. The van der Waals surface area contributed by atoms with E-state index in [1.807, 2.05) is 6.92 Å². The first-order valence-corrected chi connectivity index (χ1v) is 4.07. The molecule has 0 saturated heterocycles. The number of carboxylic acid groups (broad SMARTS) is 1. The van der Waals surface area contributed by atoms with Gasteiger partial charge < -0.3 is 5.11 Å². The van der Waals surface area contributed by atoms with E-state index in [4.69, 9.17) is 5.11 Å². The van der Waals surface area contributed by atoms with Gasteiger partial charge in [-0.15, -0.1) is 0 Å². The van der Waals surface area contributed by atoms with Crippen molar-refractivity contribution < 1.29 is 9.90 Å². The van der Waals surface area contributed by atoms with Gasteiger partial charge in [-0.25, -0.2) is 4.79 Å². The third-order valence-electron chi connectivity index (χ3n) is 1.84. The number of aromatic nitrogens is 2. The quantitative estimate of drug-likeness (QED) is 0.713. The maximum Gasteiger partial charge on any atom is 0.331 e. The second kappa shape index (κ2) is 3.89. The normalized spacial score (nSPS) is 11.7. The van der Waals surface area contributed by atoms with Crippen molar-refractivity contribution >= 4 is 12.0 Å². The van der Waals surface area contributed by atoms with E-state index in [1.54, 1.807) is 30.1 Å². The minimum Gasteiger partial charge on any atom is -0.478 e. The molecule has 0 radical (unpaired) electrons. The summed E-state index contributed by atoms with van der Waals surface area (Å²) in [4.78, 5) is 10.7. The first-order chi connectivity index (χ1) is 6.15. The SMILES string of the molecule is CC/C(=C\c1ccnn1C)C(=O)O. The minimum atomic E-state index is -0.872. The number of aliphatic carboxylic acids is 1. The van der Waals surface area contributed by atoms with Gasteiger partial charge in [0.1, 0.15) is 0 Å². The molecule has 4 nitrogen and oxygen atoms in total. The number of carboxylic acids is 1. The van der Waals surface area contributed by atoms with Crippen molar-refractivity contribution in [3.63, 3.8) is 0 Å². The summed E-state index contributed by atoms with van der Waals surface area (Å²) in [5.41, 5.74) is 1.20. The van der Waals surface area contributed by atoms with Crippen molar-refractivity contribution in [2.45, 2.75) is 13.3 Å². The van der Waals surface area contributed by atoms with Crippen LogP contribution in [0.4, 0.5) is 0 Å². The van der Waals surface area contributed by atoms with Crippen LogP contribution in [0.2, 0.25) is 0 Å². The van der Waals surface area contributed by atoms with Gasteiger partial charge in [0, 0.05) is 18.8 Å². The summed E-state index contributed by atoms with van der Waals surface area (Å²) in [7, 11) is 1.78. The number of carbonyl (C=O) groups is 1. The lowest BCUT2D eigenvalue weighted by molar-refractivity contribution is -0.132. The number of aryl methyl sites for hydroxylation is 1. The molecule has 1 rings (SSSR count). The lowest BCUT2D eigenvalue weighted by Crippen LogP contribution is -2.00. The van der Waals surface area contributed by atoms with Crippen molar-refractivity contribution in [2.75, 3.05) is 0 Å². The molecule has 1 heterocycles. The molecule has 1 aromatic rings.